The van der Waals surface area contributed by atoms with E-state index < -0.39 is 11.5 Å². The van der Waals surface area contributed by atoms with Gasteiger partial charge in [0.05, 0.1) is 0 Å². The molecule has 1 atom stereocenters. The maximum atomic E-state index is 10.9. The van der Waals surface area contributed by atoms with Gasteiger partial charge in [-0.05, 0) is 51.0 Å². The van der Waals surface area contributed by atoms with E-state index in [2.05, 4.69) is 32.0 Å². The fraction of sp³-hybridized carbons (Fsp3) is 0.533. The lowest BCUT2D eigenvalue weighted by Crippen LogP contribution is -2.44. The zero-order valence-corrected chi connectivity index (χ0v) is 12.7. The van der Waals surface area contributed by atoms with Gasteiger partial charge in [0.2, 0.25) is 0 Å². The molecule has 0 radical (unpaired) electrons. The van der Waals surface area contributed by atoms with Gasteiger partial charge in [0.1, 0.15) is 5.54 Å². The van der Waals surface area contributed by atoms with Gasteiger partial charge in [-0.25, -0.2) is 0 Å². The quantitative estimate of drug-likeness (QED) is 0.594. The van der Waals surface area contributed by atoms with Gasteiger partial charge in [-0.1, -0.05) is 24.1 Å². The molecule has 106 valence electrons. The Morgan fingerprint density at radius 2 is 2.05 bits per heavy atom. The molecule has 4 heteroatoms. The van der Waals surface area contributed by atoms with E-state index in [1.165, 1.54) is 16.0 Å². The molecule has 0 aliphatic heterocycles. The van der Waals surface area contributed by atoms with Gasteiger partial charge in [0, 0.05) is 4.90 Å². The molecule has 0 aromatic heterocycles. The highest BCUT2D eigenvalue weighted by atomic mass is 32.2. The van der Waals surface area contributed by atoms with E-state index in [-0.39, 0.29) is 0 Å². The van der Waals surface area contributed by atoms with Crippen LogP contribution >= 0.6 is 11.8 Å². The molecule has 1 rings (SSSR count). The van der Waals surface area contributed by atoms with Gasteiger partial charge < -0.3 is 10.8 Å². The smallest absolute Gasteiger partial charge is 0.323 e. The second-order valence-electron chi connectivity index (χ2n) is 5.30. The van der Waals surface area contributed by atoms with Gasteiger partial charge >= 0.3 is 5.97 Å². The Morgan fingerprint density at radius 1 is 1.37 bits per heavy atom. The Bertz CT molecular complexity index is 444. The van der Waals surface area contributed by atoms with Gasteiger partial charge in [0.25, 0.3) is 0 Å². The zero-order valence-electron chi connectivity index (χ0n) is 11.9. The highest BCUT2D eigenvalue weighted by Gasteiger charge is 2.26. The SMILES string of the molecule is Cc1ccc(C)c(SCCCCC(C)(N)C(=O)O)c1. The predicted octanol–water partition coefficient (Wildman–Crippen LogP) is 3.37. The summed E-state index contributed by atoms with van der Waals surface area (Å²) in [5.41, 5.74) is 7.17. The van der Waals surface area contributed by atoms with Crippen LogP contribution in [0.25, 0.3) is 0 Å². The molecule has 1 unspecified atom stereocenters. The average Bonchev–Trinajstić information content (AvgIpc) is 2.32. The van der Waals surface area contributed by atoms with Crippen LogP contribution in [0.5, 0.6) is 0 Å². The number of hydrogen-bond acceptors (Lipinski definition) is 3. The molecule has 0 saturated heterocycles. The molecule has 0 aliphatic carbocycles. The molecule has 3 N–H and O–H groups in total. The first-order chi connectivity index (χ1) is 8.83. The summed E-state index contributed by atoms with van der Waals surface area (Å²) in [6, 6.07) is 6.45. The molecule has 0 bridgehead atoms. The van der Waals surface area contributed by atoms with E-state index in [1.54, 1.807) is 6.92 Å². The summed E-state index contributed by atoms with van der Waals surface area (Å²) in [5, 5.41) is 8.91. The van der Waals surface area contributed by atoms with Crippen LogP contribution in [0.3, 0.4) is 0 Å². The number of aliphatic carboxylic acids is 1. The first kappa shape index (κ1) is 16.1. The maximum absolute atomic E-state index is 10.9. The largest absolute Gasteiger partial charge is 0.480 e. The molecule has 0 saturated carbocycles. The summed E-state index contributed by atoms with van der Waals surface area (Å²) in [4.78, 5) is 12.2. The third-order valence-corrected chi connectivity index (χ3v) is 4.42. The number of hydrogen-bond donors (Lipinski definition) is 2. The number of nitrogens with two attached hydrogens (primary N) is 1. The van der Waals surface area contributed by atoms with Crippen LogP contribution in [0, 0.1) is 13.8 Å². The van der Waals surface area contributed by atoms with E-state index in [0.717, 1.165) is 18.6 Å². The Labute approximate surface area is 119 Å². The van der Waals surface area contributed by atoms with Crippen molar-refractivity contribution in [2.75, 3.05) is 5.75 Å². The van der Waals surface area contributed by atoms with Crippen molar-refractivity contribution in [3.63, 3.8) is 0 Å². The summed E-state index contributed by atoms with van der Waals surface area (Å²) < 4.78 is 0. The number of carbonyl (C=O) groups is 1. The first-order valence-corrected chi connectivity index (χ1v) is 7.54. The topological polar surface area (TPSA) is 63.3 Å². The Kier molecular flexibility index (Phi) is 5.88. The minimum absolute atomic E-state index is 0.524. The minimum atomic E-state index is -1.09. The van der Waals surface area contributed by atoms with Crippen LogP contribution < -0.4 is 5.73 Å². The fourth-order valence-electron chi connectivity index (χ4n) is 1.75. The van der Waals surface area contributed by atoms with Crippen molar-refractivity contribution in [1.29, 1.82) is 0 Å². The lowest BCUT2D eigenvalue weighted by atomic mass is 9.97. The highest BCUT2D eigenvalue weighted by molar-refractivity contribution is 7.99. The normalized spacial score (nSPS) is 14.1. The van der Waals surface area contributed by atoms with Crippen molar-refractivity contribution < 1.29 is 9.90 Å². The molecule has 3 nitrogen and oxygen atoms in total. The van der Waals surface area contributed by atoms with Crippen LogP contribution in [-0.4, -0.2) is 22.4 Å². The first-order valence-electron chi connectivity index (χ1n) is 6.55. The van der Waals surface area contributed by atoms with Crippen molar-refractivity contribution in [3.05, 3.63) is 29.3 Å². The third kappa shape index (κ3) is 5.25. The van der Waals surface area contributed by atoms with E-state index in [0.29, 0.717) is 6.42 Å². The molecule has 0 spiro atoms. The molecule has 1 aromatic carbocycles. The van der Waals surface area contributed by atoms with Crippen LogP contribution in [0.15, 0.2) is 23.1 Å². The molecule has 0 amide bonds. The Hall–Kier alpha value is -1.00. The van der Waals surface area contributed by atoms with Gasteiger partial charge in [-0.2, -0.15) is 0 Å². The summed E-state index contributed by atoms with van der Waals surface area (Å²) >= 11 is 1.83. The number of rotatable bonds is 7. The van der Waals surface area contributed by atoms with Crippen LogP contribution in [0.2, 0.25) is 0 Å². The molecule has 19 heavy (non-hydrogen) atoms. The van der Waals surface area contributed by atoms with E-state index in [1.807, 2.05) is 11.8 Å². The summed E-state index contributed by atoms with van der Waals surface area (Å²) in [7, 11) is 0. The van der Waals surface area contributed by atoms with Crippen LogP contribution in [-0.2, 0) is 4.79 Å². The summed E-state index contributed by atoms with van der Waals surface area (Å²) in [6.45, 7) is 5.78. The van der Waals surface area contributed by atoms with Crippen molar-refractivity contribution in [2.24, 2.45) is 5.73 Å². The summed E-state index contributed by atoms with van der Waals surface area (Å²) in [5.74, 6) is 0.0784. The van der Waals surface area contributed by atoms with E-state index in [4.69, 9.17) is 10.8 Å². The van der Waals surface area contributed by atoms with Crippen LogP contribution in [0.1, 0.15) is 37.3 Å². The maximum Gasteiger partial charge on any atom is 0.323 e. The lowest BCUT2D eigenvalue weighted by Gasteiger charge is -2.18. The second-order valence-corrected chi connectivity index (χ2v) is 6.43. The van der Waals surface area contributed by atoms with Gasteiger partial charge in [0.15, 0.2) is 0 Å². The zero-order chi connectivity index (χ0) is 14.5. The van der Waals surface area contributed by atoms with Crippen molar-refractivity contribution in [2.45, 2.75) is 50.5 Å². The second kappa shape index (κ2) is 6.96. The molecule has 1 aromatic rings. The lowest BCUT2D eigenvalue weighted by molar-refractivity contribution is -0.142. The standard InChI is InChI=1S/C15H23NO2S/c1-11-6-7-12(2)13(10-11)19-9-5-4-8-15(3,16)14(17)18/h6-7,10H,4-5,8-9,16H2,1-3H3,(H,17,18). The molecule has 0 aliphatic rings. The Morgan fingerprint density at radius 3 is 2.68 bits per heavy atom. The number of carboxylic acids is 1. The van der Waals surface area contributed by atoms with Crippen molar-refractivity contribution in [3.8, 4) is 0 Å². The number of thioether (sulfide) groups is 1. The monoisotopic (exact) mass is 281 g/mol. The predicted molar refractivity (Wildman–Crippen MR) is 80.7 cm³/mol. The van der Waals surface area contributed by atoms with E-state index >= 15 is 0 Å². The molecular formula is C15H23NO2S. The van der Waals surface area contributed by atoms with Crippen LogP contribution in [0.4, 0.5) is 0 Å². The van der Waals surface area contributed by atoms with Gasteiger partial charge in [-0.3, -0.25) is 4.79 Å². The molecule has 0 fully saturated rings. The van der Waals surface area contributed by atoms with Crippen molar-refractivity contribution in [1.82, 2.24) is 0 Å². The molecular weight excluding hydrogens is 258 g/mol. The molecule has 0 heterocycles. The van der Waals surface area contributed by atoms with E-state index in [9.17, 15) is 4.79 Å². The average molecular weight is 281 g/mol. The van der Waals surface area contributed by atoms with Crippen molar-refractivity contribution >= 4 is 17.7 Å². The minimum Gasteiger partial charge on any atom is -0.480 e. The summed E-state index contributed by atoms with van der Waals surface area (Å²) in [6.07, 6.45) is 2.35. The number of benzene rings is 1. The number of unbranched alkanes of at least 4 members (excludes halogenated alkanes) is 1. The van der Waals surface area contributed by atoms with Gasteiger partial charge in [-0.15, -0.1) is 11.8 Å². The highest BCUT2D eigenvalue weighted by Crippen LogP contribution is 2.25. The third-order valence-electron chi connectivity index (χ3n) is 3.18. The number of aryl methyl sites for hydroxylation is 2. The number of carboxylic acid groups (broad SMARTS) is 1. The fourth-order valence-corrected chi connectivity index (χ4v) is 2.88. The Balaban J connectivity index is 2.32.